The van der Waals surface area contributed by atoms with Gasteiger partial charge in [0.1, 0.15) is 5.56 Å². The van der Waals surface area contributed by atoms with Crippen molar-refractivity contribution in [3.05, 3.63) is 51.9 Å². The van der Waals surface area contributed by atoms with Crippen LogP contribution in [0.3, 0.4) is 0 Å². The van der Waals surface area contributed by atoms with Crippen LogP contribution in [0.25, 0.3) is 0 Å². The highest BCUT2D eigenvalue weighted by molar-refractivity contribution is 6.40. The number of carbonyl (C=O) groups is 1. The minimum atomic E-state index is -0.515. The maximum Gasteiger partial charge on any atom is 0.262 e. The molecule has 1 aromatic carbocycles. The Labute approximate surface area is 190 Å². The molecular weight excluding hydrogens is 441 g/mol. The first-order valence-corrected chi connectivity index (χ1v) is 10.4. The molecule has 3 rings (SSSR count). The Morgan fingerprint density at radius 3 is 2.81 bits per heavy atom. The van der Waals surface area contributed by atoms with Gasteiger partial charge in [0, 0.05) is 24.7 Å². The van der Waals surface area contributed by atoms with Crippen LogP contribution in [0, 0.1) is 0 Å². The van der Waals surface area contributed by atoms with Crippen molar-refractivity contribution in [2.45, 2.75) is 18.9 Å². The number of carbonyl (C=O) groups excluding carboxylic acids is 1. The SMILES string of the molecule is COc1nc(N/C(C=NCC2CCCN2)=C/N)ncc1C(=O)Nc1c(Cl)cccc1Cl. The number of rotatable bonds is 8. The van der Waals surface area contributed by atoms with Gasteiger partial charge in [0.25, 0.3) is 5.91 Å². The minimum absolute atomic E-state index is 0.0710. The van der Waals surface area contributed by atoms with Gasteiger partial charge < -0.3 is 26.4 Å². The number of nitrogens with zero attached hydrogens (tertiary/aromatic N) is 3. The second-order valence-electron chi connectivity index (χ2n) is 6.70. The van der Waals surface area contributed by atoms with Gasteiger partial charge in [-0.1, -0.05) is 29.3 Å². The molecule has 0 radical (unpaired) electrons. The highest BCUT2D eigenvalue weighted by Crippen LogP contribution is 2.30. The normalized spacial score (nSPS) is 16.5. The Bertz CT molecular complexity index is 971. The number of halogens is 2. The minimum Gasteiger partial charge on any atom is -0.480 e. The predicted molar refractivity (Wildman–Crippen MR) is 123 cm³/mol. The summed E-state index contributed by atoms with van der Waals surface area (Å²) < 4.78 is 5.26. The molecule has 9 nitrogen and oxygen atoms in total. The number of nitrogens with one attached hydrogen (secondary N) is 3. The molecule has 0 saturated carbocycles. The average molecular weight is 464 g/mol. The lowest BCUT2D eigenvalue weighted by molar-refractivity contribution is 0.102. The van der Waals surface area contributed by atoms with E-state index in [-0.39, 0.29) is 17.4 Å². The fourth-order valence-electron chi connectivity index (χ4n) is 2.97. The van der Waals surface area contributed by atoms with Crippen LogP contribution in [0.15, 0.2) is 41.3 Å². The monoisotopic (exact) mass is 463 g/mol. The summed E-state index contributed by atoms with van der Waals surface area (Å²) in [7, 11) is 1.40. The standard InChI is InChI=1S/C20H23Cl2N7O2/c1-31-19-14(18(30)28-17-15(21)5-2-6-16(17)22)11-26-20(29-19)27-13(8-23)10-24-9-12-4-3-7-25-12/h2,5-6,8,10-12,25H,3-4,7,9,23H2,1H3,(H,28,30)(H,26,27,29)/b13-8+,24-10?. The predicted octanol–water partition coefficient (Wildman–Crippen LogP) is 3.08. The lowest BCUT2D eigenvalue weighted by Crippen LogP contribution is -2.24. The number of allylic oxidation sites excluding steroid dienone is 1. The Morgan fingerprint density at radius 1 is 1.39 bits per heavy atom. The van der Waals surface area contributed by atoms with Crippen molar-refractivity contribution in [3.8, 4) is 5.88 Å². The number of ether oxygens (including phenoxy) is 1. The molecule has 1 amide bonds. The zero-order valence-corrected chi connectivity index (χ0v) is 18.4. The molecule has 1 aliphatic heterocycles. The van der Waals surface area contributed by atoms with Crippen molar-refractivity contribution in [1.82, 2.24) is 15.3 Å². The van der Waals surface area contributed by atoms with Gasteiger partial charge >= 0.3 is 0 Å². The van der Waals surface area contributed by atoms with Gasteiger partial charge in [-0.05, 0) is 31.5 Å². The number of amides is 1. The Morgan fingerprint density at radius 2 is 2.16 bits per heavy atom. The van der Waals surface area contributed by atoms with Gasteiger partial charge in [0.2, 0.25) is 11.8 Å². The second-order valence-corrected chi connectivity index (χ2v) is 7.52. The summed E-state index contributed by atoms with van der Waals surface area (Å²) in [6.45, 7) is 1.68. The third-order valence-electron chi connectivity index (χ3n) is 4.55. The number of benzene rings is 1. The Balaban J connectivity index is 1.69. The van der Waals surface area contributed by atoms with E-state index in [0.717, 1.165) is 19.4 Å². The molecule has 2 heterocycles. The van der Waals surface area contributed by atoms with Crippen molar-refractivity contribution in [1.29, 1.82) is 0 Å². The summed E-state index contributed by atoms with van der Waals surface area (Å²) in [5, 5.41) is 9.60. The summed E-state index contributed by atoms with van der Waals surface area (Å²) in [6.07, 6.45) is 6.59. The van der Waals surface area contributed by atoms with Gasteiger partial charge in [0.15, 0.2) is 0 Å². The summed E-state index contributed by atoms with van der Waals surface area (Å²) in [5.74, 6) is -0.244. The van der Waals surface area contributed by atoms with Crippen molar-refractivity contribution >= 4 is 47.0 Å². The maximum absolute atomic E-state index is 12.7. The summed E-state index contributed by atoms with van der Waals surface area (Å²) in [5.41, 5.74) is 6.59. The molecule has 1 saturated heterocycles. The van der Waals surface area contributed by atoms with Crippen LogP contribution in [0.5, 0.6) is 5.88 Å². The molecule has 1 unspecified atom stereocenters. The molecule has 1 aliphatic rings. The van der Waals surface area contributed by atoms with Crippen LogP contribution in [-0.2, 0) is 0 Å². The molecular formula is C20H23Cl2N7O2. The number of hydrogen-bond acceptors (Lipinski definition) is 8. The molecule has 0 bridgehead atoms. The molecule has 31 heavy (non-hydrogen) atoms. The number of hydrogen-bond donors (Lipinski definition) is 4. The largest absolute Gasteiger partial charge is 0.480 e. The number of anilines is 2. The van der Waals surface area contributed by atoms with E-state index in [1.807, 2.05) is 0 Å². The number of nitrogens with two attached hydrogens (primary N) is 1. The van der Waals surface area contributed by atoms with Crippen LogP contribution in [-0.4, -0.2) is 48.3 Å². The molecule has 164 valence electrons. The number of aliphatic imine (C=N–C) groups is 1. The van der Waals surface area contributed by atoms with Crippen molar-refractivity contribution in [2.24, 2.45) is 10.7 Å². The van der Waals surface area contributed by atoms with Gasteiger partial charge in [-0.2, -0.15) is 4.98 Å². The number of aromatic nitrogens is 2. The van der Waals surface area contributed by atoms with E-state index >= 15 is 0 Å². The molecule has 1 aromatic heterocycles. The van der Waals surface area contributed by atoms with Gasteiger partial charge in [0.05, 0.1) is 35.1 Å². The molecule has 1 atom stereocenters. The average Bonchev–Trinajstić information content (AvgIpc) is 3.29. The maximum atomic E-state index is 12.7. The molecule has 2 aromatic rings. The number of para-hydroxylation sites is 1. The Hall–Kier alpha value is -2.88. The fourth-order valence-corrected chi connectivity index (χ4v) is 3.46. The third-order valence-corrected chi connectivity index (χ3v) is 5.18. The highest BCUT2D eigenvalue weighted by atomic mass is 35.5. The fraction of sp³-hybridized carbons (Fsp3) is 0.300. The molecule has 11 heteroatoms. The van der Waals surface area contributed by atoms with Gasteiger partial charge in [-0.15, -0.1) is 0 Å². The summed E-state index contributed by atoms with van der Waals surface area (Å²) in [6, 6.07) is 5.31. The van der Waals surface area contributed by atoms with Gasteiger partial charge in [-0.3, -0.25) is 9.79 Å². The molecule has 5 N–H and O–H groups in total. The lowest BCUT2D eigenvalue weighted by atomic mass is 10.2. The van der Waals surface area contributed by atoms with Crippen LogP contribution < -0.4 is 26.4 Å². The smallest absolute Gasteiger partial charge is 0.262 e. The topological polar surface area (TPSA) is 127 Å². The highest BCUT2D eigenvalue weighted by Gasteiger charge is 2.18. The van der Waals surface area contributed by atoms with Crippen LogP contribution in [0.2, 0.25) is 10.0 Å². The number of methoxy groups -OCH3 is 1. The zero-order valence-electron chi connectivity index (χ0n) is 16.9. The van der Waals surface area contributed by atoms with Crippen molar-refractivity contribution < 1.29 is 9.53 Å². The summed E-state index contributed by atoms with van der Waals surface area (Å²) >= 11 is 12.2. The van der Waals surface area contributed by atoms with E-state index in [1.54, 1.807) is 24.4 Å². The van der Waals surface area contributed by atoms with Crippen LogP contribution in [0.4, 0.5) is 11.6 Å². The first-order valence-electron chi connectivity index (χ1n) is 9.60. The molecule has 0 spiro atoms. The second kappa shape index (κ2) is 10.9. The van der Waals surface area contributed by atoms with E-state index in [9.17, 15) is 4.79 Å². The van der Waals surface area contributed by atoms with E-state index in [1.165, 1.54) is 19.5 Å². The Kier molecular flexibility index (Phi) is 8.05. The van der Waals surface area contributed by atoms with E-state index < -0.39 is 5.91 Å². The van der Waals surface area contributed by atoms with Gasteiger partial charge in [-0.25, -0.2) is 4.98 Å². The van der Waals surface area contributed by atoms with Crippen molar-refractivity contribution in [2.75, 3.05) is 30.8 Å². The zero-order chi connectivity index (χ0) is 22.2. The van der Waals surface area contributed by atoms with E-state index in [4.69, 9.17) is 33.7 Å². The lowest BCUT2D eigenvalue weighted by Gasteiger charge is -2.12. The van der Waals surface area contributed by atoms with E-state index in [2.05, 4.69) is 30.9 Å². The molecule has 0 aliphatic carbocycles. The third kappa shape index (κ3) is 6.06. The van der Waals surface area contributed by atoms with Crippen molar-refractivity contribution in [3.63, 3.8) is 0 Å². The first-order chi connectivity index (χ1) is 15.0. The quantitative estimate of drug-likeness (QED) is 0.443. The van der Waals surface area contributed by atoms with E-state index in [0.29, 0.717) is 34.0 Å². The van der Waals surface area contributed by atoms with Crippen LogP contribution >= 0.6 is 23.2 Å². The first kappa shape index (κ1) is 22.8. The molecule has 1 fully saturated rings. The summed E-state index contributed by atoms with van der Waals surface area (Å²) in [4.78, 5) is 25.5. The van der Waals surface area contributed by atoms with Crippen LogP contribution in [0.1, 0.15) is 23.2 Å².